The van der Waals surface area contributed by atoms with Gasteiger partial charge in [-0.1, -0.05) is 29.8 Å². The standard InChI is InChI=1S/C25H22ClNO5S/c1-3-32-20-13-16(8-11-19(20)26)23(28)21-22(15-6-9-17(31-2)10-7-15)27(25(30)24(21)29)14-18-5-4-12-33-18/h4-13,22,28H,3,14H2,1-2H3/b23-21-. The highest BCUT2D eigenvalue weighted by Gasteiger charge is 2.46. The van der Waals surface area contributed by atoms with Crippen LogP contribution in [0.4, 0.5) is 0 Å². The van der Waals surface area contributed by atoms with E-state index in [4.69, 9.17) is 21.1 Å². The van der Waals surface area contributed by atoms with Crippen LogP contribution < -0.4 is 9.47 Å². The molecule has 33 heavy (non-hydrogen) atoms. The molecular formula is C25H22ClNO5S. The van der Waals surface area contributed by atoms with Gasteiger partial charge in [0.2, 0.25) is 0 Å². The third kappa shape index (κ3) is 4.47. The summed E-state index contributed by atoms with van der Waals surface area (Å²) < 4.78 is 10.8. The highest BCUT2D eigenvalue weighted by molar-refractivity contribution is 7.09. The number of hydrogen-bond acceptors (Lipinski definition) is 6. The van der Waals surface area contributed by atoms with Gasteiger partial charge in [0, 0.05) is 10.4 Å². The van der Waals surface area contributed by atoms with Gasteiger partial charge < -0.3 is 19.5 Å². The molecule has 0 saturated carbocycles. The molecule has 1 aliphatic rings. The number of ether oxygens (including phenoxy) is 2. The monoisotopic (exact) mass is 483 g/mol. The van der Waals surface area contributed by atoms with Crippen molar-refractivity contribution in [2.45, 2.75) is 19.5 Å². The van der Waals surface area contributed by atoms with Gasteiger partial charge in [-0.15, -0.1) is 11.3 Å². The lowest BCUT2D eigenvalue weighted by atomic mass is 9.95. The molecule has 1 amide bonds. The fourth-order valence-electron chi connectivity index (χ4n) is 3.82. The van der Waals surface area contributed by atoms with Crippen LogP contribution in [-0.4, -0.2) is 35.4 Å². The predicted molar refractivity (Wildman–Crippen MR) is 128 cm³/mol. The van der Waals surface area contributed by atoms with Gasteiger partial charge >= 0.3 is 0 Å². The molecule has 0 bridgehead atoms. The number of carbonyl (C=O) groups is 2. The van der Waals surface area contributed by atoms with Crippen molar-refractivity contribution < 1.29 is 24.2 Å². The Balaban J connectivity index is 1.85. The third-order valence-corrected chi connectivity index (χ3v) is 6.56. The third-order valence-electron chi connectivity index (χ3n) is 5.38. The minimum Gasteiger partial charge on any atom is -0.507 e. The summed E-state index contributed by atoms with van der Waals surface area (Å²) in [5.74, 6) is -0.645. The first-order valence-electron chi connectivity index (χ1n) is 10.3. The zero-order chi connectivity index (χ0) is 23.5. The van der Waals surface area contributed by atoms with Gasteiger partial charge in [-0.05, 0) is 54.3 Å². The minimum atomic E-state index is -0.760. The van der Waals surface area contributed by atoms with Gasteiger partial charge in [-0.2, -0.15) is 0 Å². The van der Waals surface area contributed by atoms with E-state index in [1.165, 1.54) is 16.2 Å². The Morgan fingerprint density at radius 3 is 2.55 bits per heavy atom. The number of aliphatic hydroxyl groups is 1. The van der Waals surface area contributed by atoms with E-state index in [1.54, 1.807) is 49.6 Å². The van der Waals surface area contributed by atoms with Gasteiger partial charge in [0.15, 0.2) is 0 Å². The highest BCUT2D eigenvalue weighted by atomic mass is 35.5. The highest BCUT2D eigenvalue weighted by Crippen LogP contribution is 2.41. The number of benzene rings is 2. The summed E-state index contributed by atoms with van der Waals surface area (Å²) in [5, 5.41) is 13.5. The Hall–Kier alpha value is -3.29. The Labute approximate surface area is 200 Å². The van der Waals surface area contributed by atoms with E-state index < -0.39 is 17.7 Å². The van der Waals surface area contributed by atoms with E-state index in [-0.39, 0.29) is 17.9 Å². The Morgan fingerprint density at radius 2 is 1.91 bits per heavy atom. The molecule has 2 heterocycles. The summed E-state index contributed by atoms with van der Waals surface area (Å²) in [6.07, 6.45) is 0. The topological polar surface area (TPSA) is 76.1 Å². The fourth-order valence-corrected chi connectivity index (χ4v) is 4.69. The molecule has 0 spiro atoms. The van der Waals surface area contributed by atoms with Crippen LogP contribution in [0.2, 0.25) is 5.02 Å². The van der Waals surface area contributed by atoms with Gasteiger partial charge in [0.05, 0.1) is 36.9 Å². The van der Waals surface area contributed by atoms with Crippen LogP contribution in [0.25, 0.3) is 5.76 Å². The summed E-state index contributed by atoms with van der Waals surface area (Å²) in [7, 11) is 1.56. The van der Waals surface area contributed by atoms with Crippen molar-refractivity contribution in [2.24, 2.45) is 0 Å². The molecule has 8 heteroatoms. The lowest BCUT2D eigenvalue weighted by Gasteiger charge is -2.25. The first-order chi connectivity index (χ1) is 15.9. The summed E-state index contributed by atoms with van der Waals surface area (Å²) in [6.45, 7) is 2.46. The number of hydrogen-bond donors (Lipinski definition) is 1. The molecule has 1 saturated heterocycles. The molecule has 3 aromatic rings. The number of halogens is 1. The van der Waals surface area contributed by atoms with Crippen molar-refractivity contribution in [3.05, 3.63) is 86.6 Å². The van der Waals surface area contributed by atoms with Gasteiger partial charge in [-0.3, -0.25) is 9.59 Å². The fraction of sp³-hybridized carbons (Fsp3) is 0.200. The number of methoxy groups -OCH3 is 1. The molecule has 1 aliphatic heterocycles. The summed E-state index contributed by atoms with van der Waals surface area (Å²) >= 11 is 7.68. The maximum Gasteiger partial charge on any atom is 0.295 e. The molecule has 1 N–H and O–H groups in total. The molecule has 0 aliphatic carbocycles. The number of rotatable bonds is 7. The molecule has 1 fully saturated rings. The molecule has 0 radical (unpaired) electrons. The molecular weight excluding hydrogens is 462 g/mol. The Morgan fingerprint density at radius 1 is 1.15 bits per heavy atom. The van der Waals surface area contributed by atoms with Crippen molar-refractivity contribution in [1.29, 1.82) is 0 Å². The van der Waals surface area contributed by atoms with E-state index in [2.05, 4.69) is 0 Å². The number of likely N-dealkylation sites (tertiary alicyclic amines) is 1. The lowest BCUT2D eigenvalue weighted by Crippen LogP contribution is -2.28. The zero-order valence-electron chi connectivity index (χ0n) is 18.1. The number of ketones is 1. The van der Waals surface area contributed by atoms with Crippen molar-refractivity contribution >= 4 is 40.4 Å². The van der Waals surface area contributed by atoms with Crippen molar-refractivity contribution in [1.82, 2.24) is 4.90 Å². The van der Waals surface area contributed by atoms with E-state index in [0.717, 1.165) is 4.88 Å². The number of Topliss-reactive ketones (excluding diaryl/α,β-unsaturated/α-hetero) is 1. The second-order valence-corrected chi connectivity index (χ2v) is 8.80. The number of thiophene rings is 1. The first kappa shape index (κ1) is 22.9. The van der Waals surface area contributed by atoms with Crippen molar-refractivity contribution in [2.75, 3.05) is 13.7 Å². The molecule has 1 unspecified atom stereocenters. The maximum atomic E-state index is 13.2. The molecule has 2 aromatic carbocycles. The van der Waals surface area contributed by atoms with Crippen LogP contribution in [-0.2, 0) is 16.1 Å². The summed E-state index contributed by atoms with van der Waals surface area (Å²) in [4.78, 5) is 28.6. The van der Waals surface area contributed by atoms with Gasteiger partial charge in [0.25, 0.3) is 11.7 Å². The lowest BCUT2D eigenvalue weighted by molar-refractivity contribution is -0.140. The molecule has 4 rings (SSSR count). The smallest absolute Gasteiger partial charge is 0.295 e. The molecule has 1 aromatic heterocycles. The van der Waals surface area contributed by atoms with E-state index >= 15 is 0 Å². The van der Waals surface area contributed by atoms with Crippen molar-refractivity contribution in [3.63, 3.8) is 0 Å². The normalized spacial score (nSPS) is 17.4. The van der Waals surface area contributed by atoms with Crippen LogP contribution >= 0.6 is 22.9 Å². The van der Waals surface area contributed by atoms with Crippen molar-refractivity contribution in [3.8, 4) is 11.5 Å². The average Bonchev–Trinajstić information content (AvgIpc) is 3.43. The van der Waals surface area contributed by atoms with E-state index in [1.807, 2.05) is 24.4 Å². The summed E-state index contributed by atoms with van der Waals surface area (Å²) in [6, 6.07) is 14.9. The maximum absolute atomic E-state index is 13.2. The second kappa shape index (κ2) is 9.68. The quantitative estimate of drug-likeness (QED) is 0.275. The minimum absolute atomic E-state index is 0.0199. The molecule has 170 valence electrons. The van der Waals surface area contributed by atoms with E-state index in [9.17, 15) is 14.7 Å². The number of nitrogens with zero attached hydrogens (tertiary/aromatic N) is 1. The summed E-state index contributed by atoms with van der Waals surface area (Å²) in [5.41, 5.74) is 1.05. The second-order valence-electron chi connectivity index (χ2n) is 7.36. The van der Waals surface area contributed by atoms with Crippen LogP contribution in [0, 0.1) is 0 Å². The van der Waals surface area contributed by atoms with Gasteiger partial charge in [-0.25, -0.2) is 0 Å². The van der Waals surface area contributed by atoms with Gasteiger partial charge in [0.1, 0.15) is 17.3 Å². The first-order valence-corrected chi connectivity index (χ1v) is 11.6. The van der Waals surface area contributed by atoms with Crippen LogP contribution in [0.3, 0.4) is 0 Å². The zero-order valence-corrected chi connectivity index (χ0v) is 19.7. The van der Waals surface area contributed by atoms with Crippen LogP contribution in [0.5, 0.6) is 11.5 Å². The number of amides is 1. The Kier molecular flexibility index (Phi) is 6.72. The van der Waals surface area contributed by atoms with Crippen LogP contribution in [0.1, 0.15) is 29.0 Å². The number of carbonyl (C=O) groups excluding carboxylic acids is 2. The SMILES string of the molecule is CCOc1cc(/C(O)=C2/C(=O)C(=O)N(Cc3cccs3)C2c2ccc(OC)cc2)ccc1Cl. The molecule has 6 nitrogen and oxygen atoms in total. The van der Waals surface area contributed by atoms with E-state index in [0.29, 0.717) is 34.3 Å². The largest absolute Gasteiger partial charge is 0.507 e. The number of aliphatic hydroxyl groups excluding tert-OH is 1. The predicted octanol–water partition coefficient (Wildman–Crippen LogP) is 5.43. The van der Waals surface area contributed by atoms with Crippen LogP contribution in [0.15, 0.2) is 65.6 Å². The Bertz CT molecular complexity index is 1200. The average molecular weight is 484 g/mol. The molecule has 1 atom stereocenters.